The molecule has 1 unspecified atom stereocenters. The smallest absolute Gasteiger partial charge is 0.226 e. The van der Waals surface area contributed by atoms with E-state index in [4.69, 9.17) is 0 Å². The van der Waals surface area contributed by atoms with Gasteiger partial charge in [-0.15, -0.1) is 0 Å². The molecule has 0 aromatic carbocycles. The van der Waals surface area contributed by atoms with E-state index in [0.717, 1.165) is 26.1 Å². The standard InChI is InChI=1S/C13H24N2O/c1-10-9-14-7-8-15(10)12(16)11-5-4-6-13(11,2)3/h10-11,14H,4-9H2,1-3H3/t10-,11?/m0/s1. The topological polar surface area (TPSA) is 32.3 Å². The van der Waals surface area contributed by atoms with Crippen molar-refractivity contribution in [2.75, 3.05) is 19.6 Å². The Kier molecular flexibility index (Phi) is 3.24. The van der Waals surface area contributed by atoms with Crippen molar-refractivity contribution in [3.63, 3.8) is 0 Å². The van der Waals surface area contributed by atoms with E-state index >= 15 is 0 Å². The molecule has 1 aliphatic heterocycles. The first kappa shape index (κ1) is 11.9. The van der Waals surface area contributed by atoms with Crippen LogP contribution in [0.4, 0.5) is 0 Å². The summed E-state index contributed by atoms with van der Waals surface area (Å²) in [6.45, 7) is 9.41. The average Bonchev–Trinajstić information content (AvgIpc) is 2.58. The van der Waals surface area contributed by atoms with Gasteiger partial charge in [0.05, 0.1) is 0 Å². The minimum Gasteiger partial charge on any atom is -0.337 e. The van der Waals surface area contributed by atoms with Gasteiger partial charge in [0, 0.05) is 31.6 Å². The van der Waals surface area contributed by atoms with Crippen LogP contribution in [-0.4, -0.2) is 36.5 Å². The molecule has 0 spiro atoms. The predicted octanol–water partition coefficient (Wildman–Crippen LogP) is 1.63. The number of carbonyl (C=O) groups is 1. The summed E-state index contributed by atoms with van der Waals surface area (Å²) >= 11 is 0. The molecule has 92 valence electrons. The van der Waals surface area contributed by atoms with E-state index in [1.54, 1.807) is 0 Å². The molecule has 1 N–H and O–H groups in total. The van der Waals surface area contributed by atoms with Crippen molar-refractivity contribution in [2.24, 2.45) is 11.3 Å². The third-order valence-corrected chi connectivity index (χ3v) is 4.34. The highest BCUT2D eigenvalue weighted by molar-refractivity contribution is 5.80. The van der Waals surface area contributed by atoms with Crippen LogP contribution >= 0.6 is 0 Å². The number of nitrogens with zero attached hydrogens (tertiary/aromatic N) is 1. The Labute approximate surface area is 98.6 Å². The van der Waals surface area contributed by atoms with Crippen molar-refractivity contribution >= 4 is 5.91 Å². The van der Waals surface area contributed by atoms with Crippen LogP contribution in [0.2, 0.25) is 0 Å². The number of amides is 1. The minimum atomic E-state index is 0.210. The van der Waals surface area contributed by atoms with Gasteiger partial charge in [-0.25, -0.2) is 0 Å². The zero-order chi connectivity index (χ0) is 11.8. The van der Waals surface area contributed by atoms with Gasteiger partial charge in [0.15, 0.2) is 0 Å². The van der Waals surface area contributed by atoms with Crippen LogP contribution in [0.3, 0.4) is 0 Å². The predicted molar refractivity (Wildman–Crippen MR) is 65.2 cm³/mol. The summed E-state index contributed by atoms with van der Waals surface area (Å²) in [4.78, 5) is 14.6. The van der Waals surface area contributed by atoms with Crippen molar-refractivity contribution in [3.05, 3.63) is 0 Å². The highest BCUT2D eigenvalue weighted by Gasteiger charge is 2.42. The summed E-state index contributed by atoms with van der Waals surface area (Å²) in [5.74, 6) is 0.657. The van der Waals surface area contributed by atoms with Crippen molar-refractivity contribution in [1.29, 1.82) is 0 Å². The number of piperazine rings is 1. The summed E-state index contributed by atoms with van der Waals surface area (Å²) in [6.07, 6.45) is 3.50. The molecular weight excluding hydrogens is 200 g/mol. The first-order valence-electron chi connectivity index (χ1n) is 6.53. The quantitative estimate of drug-likeness (QED) is 0.734. The highest BCUT2D eigenvalue weighted by atomic mass is 16.2. The van der Waals surface area contributed by atoms with Gasteiger partial charge in [0.1, 0.15) is 0 Å². The van der Waals surface area contributed by atoms with E-state index in [1.807, 2.05) is 0 Å². The molecule has 2 aliphatic rings. The lowest BCUT2D eigenvalue weighted by atomic mass is 9.81. The van der Waals surface area contributed by atoms with Crippen LogP contribution in [0.15, 0.2) is 0 Å². The molecule has 2 fully saturated rings. The summed E-state index contributed by atoms with van der Waals surface area (Å²) in [6, 6.07) is 0.359. The fourth-order valence-electron chi connectivity index (χ4n) is 3.15. The van der Waals surface area contributed by atoms with Crippen LogP contribution in [0.5, 0.6) is 0 Å². The number of carbonyl (C=O) groups excluding carboxylic acids is 1. The Hall–Kier alpha value is -0.570. The van der Waals surface area contributed by atoms with Crippen molar-refractivity contribution in [1.82, 2.24) is 10.2 Å². The summed E-state index contributed by atoms with van der Waals surface area (Å²) in [5.41, 5.74) is 0.210. The van der Waals surface area contributed by atoms with Gasteiger partial charge in [0.2, 0.25) is 5.91 Å². The van der Waals surface area contributed by atoms with Crippen molar-refractivity contribution < 1.29 is 4.79 Å². The summed E-state index contributed by atoms with van der Waals surface area (Å²) in [7, 11) is 0. The lowest BCUT2D eigenvalue weighted by molar-refractivity contribution is -0.141. The first-order valence-corrected chi connectivity index (χ1v) is 6.53. The lowest BCUT2D eigenvalue weighted by Gasteiger charge is -2.38. The zero-order valence-electron chi connectivity index (χ0n) is 10.8. The van der Waals surface area contributed by atoms with Gasteiger partial charge in [-0.2, -0.15) is 0 Å². The van der Waals surface area contributed by atoms with E-state index in [9.17, 15) is 4.79 Å². The third-order valence-electron chi connectivity index (χ3n) is 4.34. The number of rotatable bonds is 1. The largest absolute Gasteiger partial charge is 0.337 e. The van der Waals surface area contributed by atoms with E-state index in [-0.39, 0.29) is 11.3 Å². The second kappa shape index (κ2) is 4.36. The van der Waals surface area contributed by atoms with Crippen LogP contribution in [0.25, 0.3) is 0 Å². The lowest BCUT2D eigenvalue weighted by Crippen LogP contribution is -2.54. The number of nitrogens with one attached hydrogen (secondary N) is 1. The molecule has 1 amide bonds. The number of hydrogen-bond donors (Lipinski definition) is 1. The van der Waals surface area contributed by atoms with Gasteiger partial charge in [-0.05, 0) is 25.2 Å². The number of hydrogen-bond acceptors (Lipinski definition) is 2. The molecule has 1 heterocycles. The molecule has 2 atom stereocenters. The van der Waals surface area contributed by atoms with E-state index in [0.29, 0.717) is 11.9 Å². The van der Waals surface area contributed by atoms with E-state index in [1.165, 1.54) is 12.8 Å². The van der Waals surface area contributed by atoms with E-state index in [2.05, 4.69) is 31.0 Å². The SMILES string of the molecule is C[C@H]1CNCCN1C(=O)C1CCCC1(C)C. The Bertz CT molecular complexity index is 275. The summed E-state index contributed by atoms with van der Waals surface area (Å²) in [5, 5.41) is 3.34. The maximum atomic E-state index is 12.5. The third kappa shape index (κ3) is 2.10. The Balaban J connectivity index is 2.06. The van der Waals surface area contributed by atoms with Gasteiger partial charge < -0.3 is 10.2 Å². The molecule has 1 saturated heterocycles. The molecule has 0 aromatic heterocycles. The maximum absolute atomic E-state index is 12.5. The molecule has 0 aromatic rings. The summed E-state index contributed by atoms with van der Waals surface area (Å²) < 4.78 is 0. The molecule has 16 heavy (non-hydrogen) atoms. The molecule has 2 rings (SSSR count). The van der Waals surface area contributed by atoms with Crippen LogP contribution in [0.1, 0.15) is 40.0 Å². The molecule has 3 nitrogen and oxygen atoms in total. The van der Waals surface area contributed by atoms with Gasteiger partial charge in [-0.3, -0.25) is 4.79 Å². The zero-order valence-corrected chi connectivity index (χ0v) is 10.8. The average molecular weight is 224 g/mol. The fourth-order valence-corrected chi connectivity index (χ4v) is 3.15. The van der Waals surface area contributed by atoms with Gasteiger partial charge in [0.25, 0.3) is 0 Å². The van der Waals surface area contributed by atoms with Crippen LogP contribution in [-0.2, 0) is 4.79 Å². The minimum absolute atomic E-state index is 0.210. The second-order valence-electron chi connectivity index (χ2n) is 6.02. The molecule has 0 radical (unpaired) electrons. The molecule has 3 heteroatoms. The molecule has 0 bridgehead atoms. The molecular formula is C13H24N2O. The molecule has 1 aliphatic carbocycles. The second-order valence-corrected chi connectivity index (χ2v) is 6.02. The van der Waals surface area contributed by atoms with Crippen molar-refractivity contribution in [2.45, 2.75) is 46.1 Å². The van der Waals surface area contributed by atoms with Gasteiger partial charge in [-0.1, -0.05) is 20.3 Å². The Morgan fingerprint density at radius 3 is 2.75 bits per heavy atom. The van der Waals surface area contributed by atoms with E-state index < -0.39 is 0 Å². The fraction of sp³-hybridized carbons (Fsp3) is 0.923. The van der Waals surface area contributed by atoms with Crippen LogP contribution < -0.4 is 5.32 Å². The Morgan fingerprint density at radius 1 is 1.44 bits per heavy atom. The van der Waals surface area contributed by atoms with Crippen molar-refractivity contribution in [3.8, 4) is 0 Å². The normalized spacial score (nSPS) is 34.1. The first-order chi connectivity index (χ1) is 7.52. The Morgan fingerprint density at radius 2 is 2.19 bits per heavy atom. The molecule has 1 saturated carbocycles. The highest BCUT2D eigenvalue weighted by Crippen LogP contribution is 2.43. The monoisotopic (exact) mass is 224 g/mol. The van der Waals surface area contributed by atoms with Crippen LogP contribution in [0, 0.1) is 11.3 Å². The maximum Gasteiger partial charge on any atom is 0.226 e. The van der Waals surface area contributed by atoms with Gasteiger partial charge >= 0.3 is 0 Å².